The average molecular weight is 573 g/mol. The summed E-state index contributed by atoms with van der Waals surface area (Å²) in [5.74, 6) is 0.104. The third kappa shape index (κ3) is 9.51. The van der Waals surface area contributed by atoms with E-state index in [0.29, 0.717) is 0 Å². The number of aryl methyl sites for hydroxylation is 3. The zero-order valence-corrected chi connectivity index (χ0v) is 21.5. The van der Waals surface area contributed by atoms with Crippen molar-refractivity contribution < 1.29 is 30.0 Å². The molecule has 0 saturated heterocycles. The molecule has 0 saturated carbocycles. The molecule has 0 unspecified atom stereocenters. The van der Waals surface area contributed by atoms with Gasteiger partial charge in [-0.3, -0.25) is 4.79 Å². The topological polar surface area (TPSA) is 50.2 Å². The predicted molar refractivity (Wildman–Crippen MR) is 117 cm³/mol. The van der Waals surface area contributed by atoms with Gasteiger partial charge in [-0.25, -0.2) is 0 Å². The minimum Gasteiger partial charge on any atom is -0.512 e. The SMILES string of the molecule is CC(C)(C)C(=O)/C=C(\O)C(C)(C)C.Cc1[c-]c(-c2cc(C)ccn2)cc(C)c1.[Ir]. The van der Waals surface area contributed by atoms with Crippen LogP contribution in [0.4, 0.5) is 0 Å². The van der Waals surface area contributed by atoms with Gasteiger partial charge in [0.2, 0.25) is 0 Å². The van der Waals surface area contributed by atoms with Gasteiger partial charge in [0.05, 0.1) is 0 Å². The van der Waals surface area contributed by atoms with Crippen LogP contribution in [-0.4, -0.2) is 15.9 Å². The van der Waals surface area contributed by atoms with Crippen molar-refractivity contribution >= 4 is 5.78 Å². The first-order valence-corrected chi connectivity index (χ1v) is 9.59. The van der Waals surface area contributed by atoms with E-state index < -0.39 is 5.41 Å². The number of nitrogens with zero attached hydrogens (tertiary/aromatic N) is 1. The van der Waals surface area contributed by atoms with Crippen LogP contribution in [0.5, 0.6) is 0 Å². The number of aliphatic hydroxyl groups is 1. The molecule has 0 fully saturated rings. The Kier molecular flexibility index (Phi) is 10.2. The maximum atomic E-state index is 11.5. The summed E-state index contributed by atoms with van der Waals surface area (Å²) in [6.45, 7) is 17.4. The molecule has 29 heavy (non-hydrogen) atoms. The second-order valence-corrected chi connectivity index (χ2v) is 9.37. The Labute approximate surface area is 190 Å². The van der Waals surface area contributed by atoms with Gasteiger partial charge >= 0.3 is 0 Å². The number of benzene rings is 1. The molecule has 0 atom stereocenters. The zero-order valence-electron chi connectivity index (χ0n) is 19.1. The molecule has 0 aliphatic rings. The molecule has 161 valence electrons. The number of carbonyl (C=O) groups is 1. The van der Waals surface area contributed by atoms with Crippen molar-refractivity contribution in [3.8, 4) is 11.3 Å². The van der Waals surface area contributed by atoms with Gasteiger partial charge in [0.1, 0.15) is 5.76 Å². The second-order valence-electron chi connectivity index (χ2n) is 9.37. The second kappa shape index (κ2) is 10.8. The number of pyridine rings is 1. The maximum absolute atomic E-state index is 11.5. The molecule has 0 aliphatic carbocycles. The predicted octanol–water partition coefficient (Wildman–Crippen LogP) is 6.56. The van der Waals surface area contributed by atoms with E-state index >= 15 is 0 Å². The number of allylic oxidation sites excluding steroid dienone is 2. The van der Waals surface area contributed by atoms with Crippen molar-refractivity contribution in [2.24, 2.45) is 10.8 Å². The molecule has 2 aromatic rings. The van der Waals surface area contributed by atoms with Crippen LogP contribution in [0.2, 0.25) is 0 Å². The van der Waals surface area contributed by atoms with Crippen LogP contribution < -0.4 is 0 Å². The van der Waals surface area contributed by atoms with E-state index in [9.17, 15) is 9.90 Å². The molecule has 1 radical (unpaired) electrons. The fourth-order valence-electron chi connectivity index (χ4n) is 2.27. The van der Waals surface area contributed by atoms with Crippen molar-refractivity contribution in [2.45, 2.75) is 62.3 Å². The summed E-state index contributed by atoms with van der Waals surface area (Å²) in [6.07, 6.45) is 3.18. The van der Waals surface area contributed by atoms with E-state index in [4.69, 9.17) is 0 Å². The van der Waals surface area contributed by atoms with Gasteiger partial charge in [-0.1, -0.05) is 67.0 Å². The van der Waals surface area contributed by atoms with Crippen LogP contribution >= 0.6 is 0 Å². The Morgan fingerprint density at radius 3 is 2.00 bits per heavy atom. The fraction of sp³-hybridized carbons (Fsp3) is 0.440. The molecule has 0 spiro atoms. The van der Waals surface area contributed by atoms with Gasteiger partial charge in [-0.15, -0.1) is 34.9 Å². The minimum atomic E-state index is -0.417. The molecule has 2 rings (SSSR count). The zero-order chi connectivity index (χ0) is 21.7. The molecule has 1 aromatic carbocycles. The van der Waals surface area contributed by atoms with Crippen LogP contribution in [0, 0.1) is 37.7 Å². The van der Waals surface area contributed by atoms with Gasteiger partial charge in [-0.2, -0.15) is 0 Å². The molecule has 3 nitrogen and oxygen atoms in total. The smallest absolute Gasteiger partial charge is 0.164 e. The average Bonchev–Trinajstić information content (AvgIpc) is 2.52. The summed E-state index contributed by atoms with van der Waals surface area (Å²) < 4.78 is 0. The number of carbonyl (C=O) groups excluding carboxylic acids is 1. The molecule has 1 heterocycles. The number of ketones is 1. The van der Waals surface area contributed by atoms with Crippen molar-refractivity contribution in [1.29, 1.82) is 0 Å². The Bertz CT molecular complexity index is 836. The monoisotopic (exact) mass is 573 g/mol. The minimum absolute atomic E-state index is 0. The fourth-order valence-corrected chi connectivity index (χ4v) is 2.27. The molecular formula is C25H34IrNO2-. The first kappa shape index (κ1) is 27.2. The van der Waals surface area contributed by atoms with Crippen molar-refractivity contribution in [3.63, 3.8) is 0 Å². The molecule has 0 aliphatic heterocycles. The third-order valence-electron chi connectivity index (χ3n) is 4.11. The summed E-state index contributed by atoms with van der Waals surface area (Å²) in [6, 6.07) is 11.7. The van der Waals surface area contributed by atoms with Crippen molar-refractivity contribution in [3.05, 3.63) is 65.1 Å². The van der Waals surface area contributed by atoms with Gasteiger partial charge in [0, 0.05) is 43.2 Å². The number of aromatic nitrogens is 1. The normalized spacial score (nSPS) is 11.8. The quantitative estimate of drug-likeness (QED) is 0.252. The largest absolute Gasteiger partial charge is 0.512 e. The Balaban J connectivity index is 0.000000530. The van der Waals surface area contributed by atoms with Crippen LogP contribution in [0.1, 0.15) is 58.2 Å². The Morgan fingerprint density at radius 1 is 0.966 bits per heavy atom. The molecule has 0 bridgehead atoms. The summed E-state index contributed by atoms with van der Waals surface area (Å²) in [5.41, 5.74) is 4.96. The first-order chi connectivity index (χ1) is 12.7. The van der Waals surface area contributed by atoms with E-state index in [1.54, 1.807) is 0 Å². The van der Waals surface area contributed by atoms with Crippen molar-refractivity contribution in [2.75, 3.05) is 0 Å². The summed E-state index contributed by atoms with van der Waals surface area (Å²) in [7, 11) is 0. The van der Waals surface area contributed by atoms with Gasteiger partial charge in [0.15, 0.2) is 5.78 Å². The molecule has 4 heteroatoms. The van der Waals surface area contributed by atoms with Crippen LogP contribution in [0.25, 0.3) is 11.3 Å². The number of hydrogen-bond donors (Lipinski definition) is 1. The van der Waals surface area contributed by atoms with Crippen molar-refractivity contribution in [1.82, 2.24) is 4.98 Å². The van der Waals surface area contributed by atoms with E-state index in [-0.39, 0.29) is 37.1 Å². The molecule has 0 amide bonds. The third-order valence-corrected chi connectivity index (χ3v) is 4.11. The Hall–Kier alpha value is -1.77. The number of aliphatic hydroxyl groups excluding tert-OH is 1. The maximum Gasteiger partial charge on any atom is 0.164 e. The summed E-state index contributed by atoms with van der Waals surface area (Å²) >= 11 is 0. The Morgan fingerprint density at radius 2 is 1.55 bits per heavy atom. The van der Waals surface area contributed by atoms with E-state index in [0.717, 1.165) is 16.8 Å². The van der Waals surface area contributed by atoms with Crippen LogP contribution in [0.15, 0.2) is 42.3 Å². The summed E-state index contributed by atoms with van der Waals surface area (Å²) in [4.78, 5) is 15.8. The van der Waals surface area contributed by atoms with Crippen LogP contribution in [0.3, 0.4) is 0 Å². The van der Waals surface area contributed by atoms with E-state index in [1.165, 1.54) is 17.2 Å². The standard InChI is InChI=1S/C14H14N.C11H20O2.Ir/c1-10-4-5-15-14(9-10)13-7-11(2)6-12(3)8-13;1-10(2,3)8(12)7-9(13)11(4,5)6;/h4-7,9H,1-3H3;7,12H,1-6H3;/q-1;;/b;8-7-;. The van der Waals surface area contributed by atoms with Gasteiger partial charge < -0.3 is 10.1 Å². The molecule has 1 N–H and O–H groups in total. The molecule has 1 aromatic heterocycles. The van der Waals surface area contributed by atoms with E-state index in [1.807, 2.05) is 53.8 Å². The van der Waals surface area contributed by atoms with Crippen LogP contribution in [-0.2, 0) is 24.9 Å². The number of rotatable bonds is 2. The first-order valence-electron chi connectivity index (χ1n) is 9.59. The number of hydrogen-bond acceptors (Lipinski definition) is 3. The van der Waals surface area contributed by atoms with Gasteiger partial charge in [-0.05, 0) is 18.7 Å². The molecular weight excluding hydrogens is 538 g/mol. The van der Waals surface area contributed by atoms with Gasteiger partial charge in [0.25, 0.3) is 0 Å². The summed E-state index contributed by atoms with van der Waals surface area (Å²) in [5, 5.41) is 9.56. The van der Waals surface area contributed by atoms with E-state index in [2.05, 4.69) is 50.0 Å².